The molecule has 0 amide bonds. The van der Waals surface area contributed by atoms with Crippen LogP contribution in [0.3, 0.4) is 0 Å². The maximum Gasteiger partial charge on any atom is 0.0992 e. The zero-order valence-electron chi connectivity index (χ0n) is 9.69. The van der Waals surface area contributed by atoms with Crippen LogP contribution < -0.4 is 11.1 Å². The molecule has 1 aromatic carbocycles. The third kappa shape index (κ3) is 2.69. The number of nitriles is 1. The van der Waals surface area contributed by atoms with Crippen molar-refractivity contribution in [2.24, 2.45) is 5.92 Å². The fourth-order valence-corrected chi connectivity index (χ4v) is 2.29. The topological polar surface area (TPSA) is 82.1 Å². The minimum atomic E-state index is -0.192. The molecule has 4 nitrogen and oxygen atoms in total. The minimum absolute atomic E-state index is 0.192. The standard InChI is InChI=1S/C13H17N3O/c14-7-9-4-5-12(11(15)6-9)16-8-10-2-1-3-13(10)17/h4-6,10,13,16-17H,1-3,8,15H2. The van der Waals surface area contributed by atoms with E-state index < -0.39 is 0 Å². The molecule has 0 saturated heterocycles. The summed E-state index contributed by atoms with van der Waals surface area (Å²) in [7, 11) is 0. The van der Waals surface area contributed by atoms with E-state index in [1.54, 1.807) is 12.1 Å². The maximum atomic E-state index is 9.70. The van der Waals surface area contributed by atoms with Gasteiger partial charge in [-0.3, -0.25) is 0 Å². The van der Waals surface area contributed by atoms with Gasteiger partial charge in [-0.1, -0.05) is 6.42 Å². The predicted molar refractivity (Wildman–Crippen MR) is 67.4 cm³/mol. The van der Waals surface area contributed by atoms with Gasteiger partial charge in [0.2, 0.25) is 0 Å². The van der Waals surface area contributed by atoms with Crippen LogP contribution in [0.5, 0.6) is 0 Å². The van der Waals surface area contributed by atoms with Crippen molar-refractivity contribution in [1.82, 2.24) is 0 Å². The fraction of sp³-hybridized carbons (Fsp3) is 0.462. The van der Waals surface area contributed by atoms with Crippen molar-refractivity contribution < 1.29 is 5.11 Å². The molecule has 0 radical (unpaired) electrons. The number of hydrogen-bond donors (Lipinski definition) is 3. The van der Waals surface area contributed by atoms with Crippen LogP contribution in [0.25, 0.3) is 0 Å². The Labute approximate surface area is 101 Å². The highest BCUT2D eigenvalue weighted by atomic mass is 16.3. The number of nitrogens with one attached hydrogen (secondary N) is 1. The van der Waals surface area contributed by atoms with E-state index in [0.29, 0.717) is 17.2 Å². The Balaban J connectivity index is 1.97. The van der Waals surface area contributed by atoms with Crippen LogP contribution in [0.15, 0.2) is 18.2 Å². The number of benzene rings is 1. The molecule has 90 valence electrons. The molecule has 17 heavy (non-hydrogen) atoms. The van der Waals surface area contributed by atoms with Crippen molar-refractivity contribution in [3.05, 3.63) is 23.8 Å². The molecule has 2 atom stereocenters. The van der Waals surface area contributed by atoms with Crippen LogP contribution >= 0.6 is 0 Å². The smallest absolute Gasteiger partial charge is 0.0992 e. The third-order valence-electron chi connectivity index (χ3n) is 3.35. The molecule has 4 N–H and O–H groups in total. The molecule has 1 aliphatic rings. The molecule has 1 aliphatic carbocycles. The molecule has 4 heteroatoms. The fourth-order valence-electron chi connectivity index (χ4n) is 2.29. The largest absolute Gasteiger partial charge is 0.397 e. The first-order chi connectivity index (χ1) is 8.20. The Kier molecular flexibility index (Phi) is 3.50. The molecule has 2 rings (SSSR count). The molecule has 0 aromatic heterocycles. The van der Waals surface area contributed by atoms with Crippen LogP contribution in [-0.4, -0.2) is 17.8 Å². The number of rotatable bonds is 3. The lowest BCUT2D eigenvalue weighted by Gasteiger charge is -2.17. The first-order valence-corrected chi connectivity index (χ1v) is 5.92. The van der Waals surface area contributed by atoms with E-state index in [2.05, 4.69) is 11.4 Å². The van der Waals surface area contributed by atoms with Gasteiger partial charge in [0.15, 0.2) is 0 Å². The van der Waals surface area contributed by atoms with Crippen LogP contribution in [0, 0.1) is 17.2 Å². The van der Waals surface area contributed by atoms with E-state index >= 15 is 0 Å². The first-order valence-electron chi connectivity index (χ1n) is 5.92. The quantitative estimate of drug-likeness (QED) is 0.692. The Morgan fingerprint density at radius 1 is 1.47 bits per heavy atom. The Morgan fingerprint density at radius 2 is 2.29 bits per heavy atom. The Bertz CT molecular complexity index is 439. The molecular weight excluding hydrogens is 214 g/mol. The zero-order valence-corrected chi connectivity index (χ0v) is 9.69. The van der Waals surface area contributed by atoms with Crippen molar-refractivity contribution in [3.8, 4) is 6.07 Å². The molecule has 0 heterocycles. The summed E-state index contributed by atoms with van der Waals surface area (Å²) in [4.78, 5) is 0. The second kappa shape index (κ2) is 5.07. The number of nitrogens with two attached hydrogens (primary N) is 1. The lowest BCUT2D eigenvalue weighted by Crippen LogP contribution is -2.22. The van der Waals surface area contributed by atoms with Crippen molar-refractivity contribution in [3.63, 3.8) is 0 Å². The SMILES string of the molecule is N#Cc1ccc(NCC2CCCC2O)c(N)c1. The Morgan fingerprint density at radius 3 is 2.88 bits per heavy atom. The van der Waals surface area contributed by atoms with E-state index in [9.17, 15) is 5.11 Å². The lowest BCUT2D eigenvalue weighted by atomic mass is 10.1. The molecule has 0 aliphatic heterocycles. The molecular formula is C13H17N3O. The second-order valence-corrected chi connectivity index (χ2v) is 4.55. The van der Waals surface area contributed by atoms with E-state index in [-0.39, 0.29) is 6.10 Å². The number of anilines is 2. The van der Waals surface area contributed by atoms with E-state index in [0.717, 1.165) is 31.5 Å². The van der Waals surface area contributed by atoms with E-state index in [1.165, 1.54) is 0 Å². The zero-order chi connectivity index (χ0) is 12.3. The van der Waals surface area contributed by atoms with Gasteiger partial charge in [-0.05, 0) is 31.0 Å². The van der Waals surface area contributed by atoms with Gasteiger partial charge in [-0.15, -0.1) is 0 Å². The van der Waals surface area contributed by atoms with Crippen LogP contribution in [0.2, 0.25) is 0 Å². The lowest BCUT2D eigenvalue weighted by molar-refractivity contribution is 0.138. The normalized spacial score (nSPS) is 23.3. The number of nitrogens with zero attached hydrogens (tertiary/aromatic N) is 1. The molecule has 1 fully saturated rings. The molecule has 1 saturated carbocycles. The molecule has 0 spiro atoms. The number of aliphatic hydroxyl groups excluding tert-OH is 1. The first kappa shape index (κ1) is 11.7. The van der Waals surface area contributed by atoms with Crippen LogP contribution in [-0.2, 0) is 0 Å². The van der Waals surface area contributed by atoms with Gasteiger partial charge in [0, 0.05) is 12.5 Å². The van der Waals surface area contributed by atoms with E-state index in [1.807, 2.05) is 6.07 Å². The van der Waals surface area contributed by atoms with Crippen molar-refractivity contribution in [2.75, 3.05) is 17.6 Å². The molecule has 1 aromatic rings. The number of aliphatic hydroxyl groups is 1. The highest BCUT2D eigenvalue weighted by molar-refractivity contribution is 5.68. The second-order valence-electron chi connectivity index (χ2n) is 4.55. The van der Waals surface area contributed by atoms with Gasteiger partial charge >= 0.3 is 0 Å². The third-order valence-corrected chi connectivity index (χ3v) is 3.35. The van der Waals surface area contributed by atoms with E-state index in [4.69, 9.17) is 11.0 Å². The molecule has 0 bridgehead atoms. The summed E-state index contributed by atoms with van der Waals surface area (Å²) in [6, 6.07) is 7.27. The van der Waals surface area contributed by atoms with Crippen molar-refractivity contribution in [2.45, 2.75) is 25.4 Å². The van der Waals surface area contributed by atoms with Crippen molar-refractivity contribution in [1.29, 1.82) is 5.26 Å². The average Bonchev–Trinajstić information content (AvgIpc) is 2.73. The van der Waals surface area contributed by atoms with Gasteiger partial charge in [-0.2, -0.15) is 5.26 Å². The summed E-state index contributed by atoms with van der Waals surface area (Å²) in [5.74, 6) is 0.310. The van der Waals surface area contributed by atoms with Gasteiger partial charge in [0.25, 0.3) is 0 Å². The minimum Gasteiger partial charge on any atom is -0.397 e. The highest BCUT2D eigenvalue weighted by Gasteiger charge is 2.24. The van der Waals surface area contributed by atoms with Gasteiger partial charge in [0.05, 0.1) is 29.1 Å². The monoisotopic (exact) mass is 231 g/mol. The maximum absolute atomic E-state index is 9.70. The molecule has 2 unspecified atom stereocenters. The summed E-state index contributed by atoms with van der Waals surface area (Å²) in [6.45, 7) is 0.733. The average molecular weight is 231 g/mol. The Hall–Kier alpha value is -1.73. The van der Waals surface area contributed by atoms with Gasteiger partial charge in [-0.25, -0.2) is 0 Å². The predicted octanol–water partition coefficient (Wildman–Crippen LogP) is 1.71. The summed E-state index contributed by atoms with van der Waals surface area (Å²) in [6.07, 6.45) is 2.86. The van der Waals surface area contributed by atoms with Crippen LogP contribution in [0.1, 0.15) is 24.8 Å². The summed E-state index contributed by atoms with van der Waals surface area (Å²) in [5.41, 5.74) is 7.82. The summed E-state index contributed by atoms with van der Waals surface area (Å²) < 4.78 is 0. The van der Waals surface area contributed by atoms with Crippen molar-refractivity contribution >= 4 is 11.4 Å². The number of nitrogen functional groups attached to an aromatic ring is 1. The summed E-state index contributed by atoms with van der Waals surface area (Å²) >= 11 is 0. The highest BCUT2D eigenvalue weighted by Crippen LogP contribution is 2.27. The van der Waals surface area contributed by atoms with Gasteiger partial charge < -0.3 is 16.2 Å². The summed E-state index contributed by atoms with van der Waals surface area (Å²) in [5, 5.41) is 21.7. The number of hydrogen-bond acceptors (Lipinski definition) is 4. The van der Waals surface area contributed by atoms with Gasteiger partial charge in [0.1, 0.15) is 0 Å². The van der Waals surface area contributed by atoms with Crippen LogP contribution in [0.4, 0.5) is 11.4 Å².